The summed E-state index contributed by atoms with van der Waals surface area (Å²) >= 11 is 0. The first kappa shape index (κ1) is 15.4. The molecule has 105 valence electrons. The Morgan fingerprint density at radius 1 is 1.35 bits per heavy atom. The molecule has 6 heteroatoms. The molecule has 0 aliphatic rings. The van der Waals surface area contributed by atoms with Crippen LogP contribution in [0.25, 0.3) is 6.08 Å². The molecular formula is C14H15N2O4. The minimum atomic E-state index is -0.787. The van der Waals surface area contributed by atoms with Gasteiger partial charge in [-0.15, -0.1) is 0 Å². The van der Waals surface area contributed by atoms with Gasteiger partial charge in [0.25, 0.3) is 5.91 Å². The summed E-state index contributed by atoms with van der Waals surface area (Å²) in [5.41, 5.74) is 0.456. The van der Waals surface area contributed by atoms with Gasteiger partial charge in [0.05, 0.1) is 12.1 Å². The summed E-state index contributed by atoms with van der Waals surface area (Å²) < 4.78 is 0. The van der Waals surface area contributed by atoms with Crippen LogP contribution in [-0.2, 0) is 14.4 Å². The molecular weight excluding hydrogens is 260 g/mol. The Bertz CT molecular complexity index is 511. The lowest BCUT2D eigenvalue weighted by Gasteiger charge is -2.18. The third-order valence-corrected chi connectivity index (χ3v) is 2.36. The van der Waals surface area contributed by atoms with Gasteiger partial charge < -0.3 is 10.2 Å². The van der Waals surface area contributed by atoms with Crippen molar-refractivity contribution in [2.45, 2.75) is 6.92 Å². The van der Waals surface area contributed by atoms with E-state index >= 15 is 0 Å². The Balaban J connectivity index is 2.93. The minimum absolute atomic E-state index is 0.111. The molecule has 0 bridgehead atoms. The second-order valence-corrected chi connectivity index (χ2v) is 3.70. The fraction of sp³-hybridized carbons (Fsp3) is 0.214. The van der Waals surface area contributed by atoms with Crippen molar-refractivity contribution in [1.29, 1.82) is 0 Å². The lowest BCUT2D eigenvalue weighted by molar-refractivity contribution is -0.159. The molecule has 1 radical (unpaired) electrons. The van der Waals surface area contributed by atoms with Crippen LogP contribution < -0.4 is 5.32 Å². The number of hydrogen-bond donors (Lipinski definition) is 1. The average Bonchev–Trinajstić information content (AvgIpc) is 2.50. The van der Waals surface area contributed by atoms with Crippen molar-refractivity contribution in [3.05, 3.63) is 41.5 Å². The SMILES string of the molecule is CCN(OC(=O)NC)C(=O)C([C]=O)=Cc1ccccc1. The summed E-state index contributed by atoms with van der Waals surface area (Å²) in [5.74, 6) is -0.727. The van der Waals surface area contributed by atoms with E-state index < -0.39 is 12.0 Å². The quantitative estimate of drug-likeness (QED) is 0.389. The molecule has 0 spiro atoms. The fourth-order valence-corrected chi connectivity index (χ4v) is 1.38. The highest BCUT2D eigenvalue weighted by molar-refractivity contribution is 6.14. The van der Waals surface area contributed by atoms with Crippen molar-refractivity contribution in [2.24, 2.45) is 0 Å². The number of hydroxylamine groups is 2. The number of benzene rings is 1. The minimum Gasteiger partial charge on any atom is -0.323 e. The van der Waals surface area contributed by atoms with E-state index in [4.69, 9.17) is 4.84 Å². The van der Waals surface area contributed by atoms with E-state index in [1.54, 1.807) is 37.5 Å². The van der Waals surface area contributed by atoms with E-state index in [1.807, 2.05) is 6.07 Å². The third-order valence-electron chi connectivity index (χ3n) is 2.36. The smallest absolute Gasteiger partial charge is 0.323 e. The predicted octanol–water partition coefficient (Wildman–Crippen LogP) is 1.30. The molecule has 0 fully saturated rings. The van der Waals surface area contributed by atoms with Crippen molar-refractivity contribution in [1.82, 2.24) is 10.4 Å². The van der Waals surface area contributed by atoms with Crippen LogP contribution in [-0.4, -0.2) is 36.9 Å². The van der Waals surface area contributed by atoms with Gasteiger partial charge in [-0.2, -0.15) is 5.06 Å². The lowest BCUT2D eigenvalue weighted by atomic mass is 10.1. The van der Waals surface area contributed by atoms with Crippen LogP contribution in [0.1, 0.15) is 12.5 Å². The first-order valence-corrected chi connectivity index (χ1v) is 5.98. The zero-order chi connectivity index (χ0) is 15.0. The largest absolute Gasteiger partial charge is 0.431 e. The molecule has 2 amide bonds. The summed E-state index contributed by atoms with van der Waals surface area (Å²) in [7, 11) is 1.37. The Hall–Kier alpha value is -2.63. The Kier molecular flexibility index (Phi) is 5.96. The number of carbonyl (C=O) groups is 2. The second kappa shape index (κ2) is 7.73. The average molecular weight is 275 g/mol. The predicted molar refractivity (Wildman–Crippen MR) is 73.0 cm³/mol. The van der Waals surface area contributed by atoms with Crippen LogP contribution in [0.2, 0.25) is 0 Å². The molecule has 0 aromatic heterocycles. The summed E-state index contributed by atoms with van der Waals surface area (Å²) in [6, 6.07) is 8.84. The van der Waals surface area contributed by atoms with Gasteiger partial charge in [0.1, 0.15) is 0 Å². The number of nitrogens with one attached hydrogen (secondary N) is 1. The topological polar surface area (TPSA) is 75.7 Å². The molecule has 0 saturated heterocycles. The number of rotatable bonds is 4. The second-order valence-electron chi connectivity index (χ2n) is 3.70. The van der Waals surface area contributed by atoms with E-state index in [9.17, 15) is 14.4 Å². The molecule has 1 rings (SSSR count). The Morgan fingerprint density at radius 2 is 2.00 bits per heavy atom. The first-order valence-electron chi connectivity index (χ1n) is 5.98. The molecule has 0 heterocycles. The maximum Gasteiger partial charge on any atom is 0.431 e. The Morgan fingerprint density at radius 3 is 2.50 bits per heavy atom. The molecule has 1 aromatic carbocycles. The summed E-state index contributed by atoms with van der Waals surface area (Å²) in [4.78, 5) is 38.8. The normalized spacial score (nSPS) is 10.6. The van der Waals surface area contributed by atoms with Crippen molar-refractivity contribution < 1.29 is 19.2 Å². The molecule has 0 aliphatic heterocycles. The Labute approximate surface area is 117 Å². The van der Waals surface area contributed by atoms with Crippen LogP contribution in [0, 0.1) is 0 Å². The van der Waals surface area contributed by atoms with Gasteiger partial charge in [-0.1, -0.05) is 30.3 Å². The van der Waals surface area contributed by atoms with Crippen molar-refractivity contribution in [3.63, 3.8) is 0 Å². The number of amides is 2. The number of carbonyl (C=O) groups excluding carboxylic acids is 3. The van der Waals surface area contributed by atoms with Crippen LogP contribution in [0.3, 0.4) is 0 Å². The molecule has 6 nitrogen and oxygen atoms in total. The van der Waals surface area contributed by atoms with E-state index in [0.29, 0.717) is 5.56 Å². The van der Waals surface area contributed by atoms with Crippen molar-refractivity contribution in [2.75, 3.05) is 13.6 Å². The highest BCUT2D eigenvalue weighted by atomic mass is 16.7. The fourth-order valence-electron chi connectivity index (χ4n) is 1.38. The number of likely N-dealkylation sites (N-methyl/N-ethyl adjacent to an activating group) is 1. The maximum atomic E-state index is 12.1. The van der Waals surface area contributed by atoms with Gasteiger partial charge in [-0.05, 0) is 18.6 Å². The van der Waals surface area contributed by atoms with Crippen LogP contribution in [0.5, 0.6) is 0 Å². The van der Waals surface area contributed by atoms with Gasteiger partial charge in [-0.3, -0.25) is 9.59 Å². The highest BCUT2D eigenvalue weighted by Crippen LogP contribution is 2.08. The van der Waals surface area contributed by atoms with E-state index in [-0.39, 0.29) is 12.1 Å². The van der Waals surface area contributed by atoms with Crippen molar-refractivity contribution >= 4 is 24.4 Å². The zero-order valence-electron chi connectivity index (χ0n) is 11.3. The van der Waals surface area contributed by atoms with Gasteiger partial charge >= 0.3 is 6.09 Å². The lowest BCUT2D eigenvalue weighted by Crippen LogP contribution is -2.37. The van der Waals surface area contributed by atoms with Gasteiger partial charge in [0, 0.05) is 7.05 Å². The van der Waals surface area contributed by atoms with Crippen molar-refractivity contribution in [3.8, 4) is 0 Å². The maximum absolute atomic E-state index is 12.1. The molecule has 20 heavy (non-hydrogen) atoms. The molecule has 1 N–H and O–H groups in total. The molecule has 0 atom stereocenters. The summed E-state index contributed by atoms with van der Waals surface area (Å²) in [5, 5.41) is 3.01. The number of nitrogens with zero attached hydrogens (tertiary/aromatic N) is 1. The van der Waals surface area contributed by atoms with E-state index in [0.717, 1.165) is 5.06 Å². The monoisotopic (exact) mass is 275 g/mol. The summed E-state index contributed by atoms with van der Waals surface area (Å²) in [6.07, 6.45) is 2.16. The van der Waals surface area contributed by atoms with Crippen LogP contribution >= 0.6 is 0 Å². The highest BCUT2D eigenvalue weighted by Gasteiger charge is 2.20. The first-order chi connectivity index (χ1) is 9.62. The van der Waals surface area contributed by atoms with Crippen LogP contribution in [0.4, 0.5) is 4.79 Å². The van der Waals surface area contributed by atoms with Gasteiger partial charge in [0.15, 0.2) is 0 Å². The van der Waals surface area contributed by atoms with Gasteiger partial charge in [0.2, 0.25) is 6.29 Å². The standard InChI is InChI=1S/C14H15N2O4/c1-3-16(20-14(19)15-2)13(18)12(10-17)9-11-7-5-4-6-8-11/h4-9H,3H2,1-2H3,(H,15,19). The third kappa shape index (κ3) is 4.24. The summed E-state index contributed by atoms with van der Waals surface area (Å²) in [6.45, 7) is 1.73. The molecule has 0 aliphatic carbocycles. The van der Waals surface area contributed by atoms with E-state index in [2.05, 4.69) is 5.32 Å². The zero-order valence-corrected chi connectivity index (χ0v) is 11.3. The molecule has 0 saturated carbocycles. The molecule has 1 aromatic rings. The molecule has 0 unspecified atom stereocenters. The van der Waals surface area contributed by atoms with Crippen LogP contribution in [0.15, 0.2) is 35.9 Å². The number of hydrogen-bond acceptors (Lipinski definition) is 4. The van der Waals surface area contributed by atoms with E-state index in [1.165, 1.54) is 13.1 Å². The van der Waals surface area contributed by atoms with Gasteiger partial charge in [-0.25, -0.2) is 4.79 Å².